The Hall–Kier alpha value is -2.96. The minimum Gasteiger partial charge on any atom is -0.497 e. The molecule has 7 heteroatoms. The molecule has 0 bridgehead atoms. The molecule has 132 valence electrons. The van der Waals surface area contributed by atoms with Gasteiger partial charge in [-0.2, -0.15) is 0 Å². The molecule has 2 rings (SSSR count). The summed E-state index contributed by atoms with van der Waals surface area (Å²) in [7, 11) is 2.72. The van der Waals surface area contributed by atoms with Gasteiger partial charge in [-0.25, -0.2) is 13.6 Å². The molecule has 0 aliphatic rings. The Morgan fingerprint density at radius 3 is 2.32 bits per heavy atom. The molecule has 0 aliphatic heterocycles. The van der Waals surface area contributed by atoms with Crippen molar-refractivity contribution in [3.63, 3.8) is 0 Å². The van der Waals surface area contributed by atoms with Crippen LogP contribution >= 0.6 is 0 Å². The zero-order chi connectivity index (χ0) is 18.4. The number of carbonyl (C=O) groups excluding carboxylic acids is 2. The Morgan fingerprint density at radius 1 is 1.08 bits per heavy atom. The van der Waals surface area contributed by atoms with Gasteiger partial charge in [-0.3, -0.25) is 4.79 Å². The summed E-state index contributed by atoms with van der Waals surface area (Å²) in [6, 6.07) is 8.46. The van der Waals surface area contributed by atoms with Crippen molar-refractivity contribution in [2.45, 2.75) is 12.5 Å². The third-order valence-electron chi connectivity index (χ3n) is 3.57. The van der Waals surface area contributed by atoms with Crippen LogP contribution in [0.5, 0.6) is 5.75 Å². The molecule has 0 saturated heterocycles. The fourth-order valence-electron chi connectivity index (χ4n) is 2.24. The van der Waals surface area contributed by atoms with Gasteiger partial charge in [0.15, 0.2) is 0 Å². The summed E-state index contributed by atoms with van der Waals surface area (Å²) in [5, 5.41) is 2.41. The normalized spacial score (nSPS) is 11.5. The number of halogens is 2. The minimum absolute atomic E-state index is 0.144. The first-order valence-electron chi connectivity index (χ1n) is 7.41. The lowest BCUT2D eigenvalue weighted by atomic mass is 10.0. The molecular formula is C18H17F2NO4. The third kappa shape index (κ3) is 4.76. The molecule has 0 unspecified atom stereocenters. The van der Waals surface area contributed by atoms with Gasteiger partial charge in [-0.1, -0.05) is 12.1 Å². The van der Waals surface area contributed by atoms with Crippen LogP contribution in [0.25, 0.3) is 0 Å². The Balaban J connectivity index is 2.16. The molecule has 0 spiro atoms. The van der Waals surface area contributed by atoms with Crippen molar-refractivity contribution < 1.29 is 27.8 Å². The molecule has 5 nitrogen and oxygen atoms in total. The summed E-state index contributed by atoms with van der Waals surface area (Å²) in [4.78, 5) is 24.1. The smallest absolute Gasteiger partial charge is 0.328 e. The topological polar surface area (TPSA) is 64.6 Å². The van der Waals surface area contributed by atoms with Crippen molar-refractivity contribution in [2.24, 2.45) is 0 Å². The highest BCUT2D eigenvalue weighted by atomic mass is 19.1. The minimum atomic E-state index is -1.02. The summed E-state index contributed by atoms with van der Waals surface area (Å²) < 4.78 is 36.4. The first-order valence-corrected chi connectivity index (χ1v) is 7.41. The maximum atomic E-state index is 13.7. The first-order chi connectivity index (χ1) is 11.9. The van der Waals surface area contributed by atoms with Gasteiger partial charge in [0.25, 0.3) is 5.91 Å². The Morgan fingerprint density at radius 2 is 1.76 bits per heavy atom. The van der Waals surface area contributed by atoms with Crippen LogP contribution in [-0.2, 0) is 16.0 Å². The number of esters is 1. The lowest BCUT2D eigenvalue weighted by Crippen LogP contribution is -2.43. The molecular weight excluding hydrogens is 332 g/mol. The van der Waals surface area contributed by atoms with E-state index in [4.69, 9.17) is 4.74 Å². The van der Waals surface area contributed by atoms with E-state index in [1.807, 2.05) is 0 Å². The summed E-state index contributed by atoms with van der Waals surface area (Å²) in [5.74, 6) is -2.66. The monoisotopic (exact) mass is 349 g/mol. The van der Waals surface area contributed by atoms with Gasteiger partial charge in [0.1, 0.15) is 23.4 Å². The van der Waals surface area contributed by atoms with Crippen LogP contribution in [-0.4, -0.2) is 32.1 Å². The number of ether oxygens (including phenoxy) is 2. The van der Waals surface area contributed by atoms with E-state index in [2.05, 4.69) is 10.1 Å². The number of hydrogen-bond donors (Lipinski definition) is 1. The Bertz CT molecular complexity index is 762. The lowest BCUT2D eigenvalue weighted by molar-refractivity contribution is -0.142. The highest BCUT2D eigenvalue weighted by Crippen LogP contribution is 2.14. The molecule has 0 heterocycles. The van der Waals surface area contributed by atoms with Gasteiger partial charge in [-0.15, -0.1) is 0 Å². The number of methoxy groups -OCH3 is 2. The van der Waals surface area contributed by atoms with E-state index < -0.39 is 29.6 Å². The first kappa shape index (κ1) is 18.4. The number of benzene rings is 2. The van der Waals surface area contributed by atoms with Crippen LogP contribution in [0.15, 0.2) is 42.5 Å². The summed E-state index contributed by atoms with van der Waals surface area (Å²) in [6.45, 7) is 0. The molecule has 25 heavy (non-hydrogen) atoms. The van der Waals surface area contributed by atoms with Crippen molar-refractivity contribution in [1.29, 1.82) is 0 Å². The van der Waals surface area contributed by atoms with Gasteiger partial charge >= 0.3 is 5.97 Å². The maximum absolute atomic E-state index is 13.7. The van der Waals surface area contributed by atoms with Crippen LogP contribution < -0.4 is 10.1 Å². The van der Waals surface area contributed by atoms with E-state index in [0.717, 1.165) is 17.7 Å². The average molecular weight is 349 g/mol. The van der Waals surface area contributed by atoms with Gasteiger partial charge in [0, 0.05) is 12.5 Å². The Kier molecular flexibility index (Phi) is 6.05. The molecule has 0 radical (unpaired) electrons. The van der Waals surface area contributed by atoms with E-state index >= 15 is 0 Å². The highest BCUT2D eigenvalue weighted by molar-refractivity contribution is 5.97. The second-order valence-corrected chi connectivity index (χ2v) is 5.23. The number of rotatable bonds is 6. The van der Waals surface area contributed by atoms with E-state index in [9.17, 15) is 18.4 Å². The second-order valence-electron chi connectivity index (χ2n) is 5.23. The van der Waals surface area contributed by atoms with Crippen LogP contribution in [0, 0.1) is 11.6 Å². The van der Waals surface area contributed by atoms with Crippen LogP contribution in [0.2, 0.25) is 0 Å². The SMILES string of the molecule is COC(=O)[C@@H](Cc1ccc(OC)cc1)NC(=O)c1ccc(F)cc1F. The fraction of sp³-hybridized carbons (Fsp3) is 0.222. The molecule has 1 N–H and O–H groups in total. The van der Waals surface area contributed by atoms with Gasteiger partial charge in [-0.05, 0) is 29.8 Å². The van der Waals surface area contributed by atoms with E-state index in [-0.39, 0.29) is 12.0 Å². The standard InChI is InChI=1S/C18H17F2NO4/c1-24-13-6-3-11(4-7-13)9-16(18(23)25-2)21-17(22)14-8-5-12(19)10-15(14)20/h3-8,10,16H,9H2,1-2H3,(H,21,22)/t16-/m1/s1. The number of carbonyl (C=O) groups is 2. The second kappa shape index (κ2) is 8.23. The van der Waals surface area contributed by atoms with E-state index in [1.54, 1.807) is 24.3 Å². The molecule has 0 aliphatic carbocycles. The highest BCUT2D eigenvalue weighted by Gasteiger charge is 2.24. The lowest BCUT2D eigenvalue weighted by Gasteiger charge is -2.17. The van der Waals surface area contributed by atoms with E-state index in [1.165, 1.54) is 14.2 Å². The molecule has 2 aromatic rings. The quantitative estimate of drug-likeness (QED) is 0.814. The predicted molar refractivity (Wildman–Crippen MR) is 86.3 cm³/mol. The average Bonchev–Trinajstić information content (AvgIpc) is 2.60. The van der Waals surface area contributed by atoms with Crippen molar-refractivity contribution >= 4 is 11.9 Å². The maximum Gasteiger partial charge on any atom is 0.328 e. The largest absolute Gasteiger partial charge is 0.497 e. The van der Waals surface area contributed by atoms with E-state index in [0.29, 0.717) is 11.8 Å². The molecule has 0 aromatic heterocycles. The third-order valence-corrected chi connectivity index (χ3v) is 3.57. The van der Waals surface area contributed by atoms with Crippen molar-refractivity contribution in [1.82, 2.24) is 5.32 Å². The van der Waals surface area contributed by atoms with Crippen molar-refractivity contribution in [3.8, 4) is 5.75 Å². The zero-order valence-electron chi connectivity index (χ0n) is 13.7. The van der Waals surface area contributed by atoms with Crippen molar-refractivity contribution in [2.75, 3.05) is 14.2 Å². The van der Waals surface area contributed by atoms with Gasteiger partial charge < -0.3 is 14.8 Å². The number of amides is 1. The number of nitrogens with one attached hydrogen (secondary N) is 1. The van der Waals surface area contributed by atoms with Gasteiger partial charge in [0.2, 0.25) is 0 Å². The fourth-order valence-corrected chi connectivity index (χ4v) is 2.24. The molecule has 1 atom stereocenters. The number of hydrogen-bond acceptors (Lipinski definition) is 4. The Labute approximate surface area is 143 Å². The van der Waals surface area contributed by atoms with Crippen molar-refractivity contribution in [3.05, 3.63) is 65.2 Å². The summed E-state index contributed by atoms with van der Waals surface area (Å²) in [5.41, 5.74) is 0.390. The molecule has 2 aromatic carbocycles. The zero-order valence-corrected chi connectivity index (χ0v) is 13.7. The molecule has 1 amide bonds. The van der Waals surface area contributed by atoms with Crippen LogP contribution in [0.1, 0.15) is 15.9 Å². The molecule has 0 fully saturated rings. The summed E-state index contributed by atoms with van der Waals surface area (Å²) in [6.07, 6.45) is 0.144. The predicted octanol–water partition coefficient (Wildman–Crippen LogP) is 2.49. The summed E-state index contributed by atoms with van der Waals surface area (Å²) >= 11 is 0. The van der Waals surface area contributed by atoms with Crippen LogP contribution in [0.4, 0.5) is 8.78 Å². The van der Waals surface area contributed by atoms with Crippen LogP contribution in [0.3, 0.4) is 0 Å². The molecule has 0 saturated carbocycles. The van der Waals surface area contributed by atoms with Gasteiger partial charge in [0.05, 0.1) is 19.8 Å².